The van der Waals surface area contributed by atoms with E-state index in [0.29, 0.717) is 12.4 Å². The Morgan fingerprint density at radius 3 is 2.45 bits per heavy atom. The molecule has 2 aromatic rings. The van der Waals surface area contributed by atoms with Crippen molar-refractivity contribution >= 4 is 10.7 Å². The van der Waals surface area contributed by atoms with Gasteiger partial charge >= 0.3 is 0 Å². The van der Waals surface area contributed by atoms with E-state index in [1.807, 2.05) is 31.2 Å². The number of para-hydroxylation sites is 1. The first-order valence-corrected chi connectivity index (χ1v) is 7.77. The highest BCUT2D eigenvalue weighted by Crippen LogP contribution is 2.24. The zero-order valence-corrected chi connectivity index (χ0v) is 12.3. The minimum atomic E-state index is -2.62. The molecule has 0 bridgehead atoms. The second-order valence-electron chi connectivity index (χ2n) is 4.62. The molecule has 0 unspecified atom stereocenters. The maximum Gasteiger partial charge on any atom is 0.171 e. The SMILES string of the molecule is Cc1cccc([SH](=O)=O)c1OCCCc1ccccc1. The second kappa shape index (κ2) is 7.10. The van der Waals surface area contributed by atoms with Crippen LogP contribution in [0.1, 0.15) is 17.5 Å². The van der Waals surface area contributed by atoms with E-state index in [2.05, 4.69) is 12.1 Å². The van der Waals surface area contributed by atoms with Crippen LogP contribution in [0, 0.1) is 6.92 Å². The molecule has 0 saturated carbocycles. The first kappa shape index (κ1) is 14.6. The van der Waals surface area contributed by atoms with E-state index < -0.39 is 10.7 Å². The summed E-state index contributed by atoms with van der Waals surface area (Å²) in [5, 5.41) is 0. The summed E-state index contributed by atoms with van der Waals surface area (Å²) in [6.07, 6.45) is 1.78. The van der Waals surface area contributed by atoms with Gasteiger partial charge in [-0.15, -0.1) is 0 Å². The van der Waals surface area contributed by atoms with Crippen molar-refractivity contribution in [2.45, 2.75) is 24.7 Å². The molecule has 0 aliphatic heterocycles. The molecule has 0 fully saturated rings. The third-order valence-corrected chi connectivity index (χ3v) is 3.83. The van der Waals surface area contributed by atoms with Crippen LogP contribution >= 0.6 is 0 Å². The maximum absolute atomic E-state index is 11.2. The molecule has 106 valence electrons. The van der Waals surface area contributed by atoms with Crippen molar-refractivity contribution in [3.63, 3.8) is 0 Å². The third-order valence-electron chi connectivity index (χ3n) is 3.09. The van der Waals surface area contributed by atoms with Crippen LogP contribution in [0.15, 0.2) is 53.4 Å². The monoisotopic (exact) mass is 290 g/mol. The Morgan fingerprint density at radius 2 is 1.75 bits per heavy atom. The van der Waals surface area contributed by atoms with Crippen LogP contribution in [0.5, 0.6) is 5.75 Å². The molecule has 2 rings (SSSR count). The minimum absolute atomic E-state index is 0.264. The molecular weight excluding hydrogens is 272 g/mol. The number of ether oxygens (including phenoxy) is 1. The average Bonchev–Trinajstić information content (AvgIpc) is 2.45. The van der Waals surface area contributed by atoms with Gasteiger partial charge in [0, 0.05) is 0 Å². The van der Waals surface area contributed by atoms with Crippen molar-refractivity contribution in [2.75, 3.05) is 6.61 Å². The molecular formula is C16H18O3S. The Labute approximate surface area is 121 Å². The van der Waals surface area contributed by atoms with Crippen molar-refractivity contribution in [3.05, 3.63) is 59.7 Å². The molecule has 0 spiro atoms. The van der Waals surface area contributed by atoms with Gasteiger partial charge in [0.1, 0.15) is 10.6 Å². The topological polar surface area (TPSA) is 43.4 Å². The summed E-state index contributed by atoms with van der Waals surface area (Å²) >= 11 is 0. The fourth-order valence-electron chi connectivity index (χ4n) is 2.06. The van der Waals surface area contributed by atoms with Crippen molar-refractivity contribution < 1.29 is 13.2 Å². The van der Waals surface area contributed by atoms with E-state index in [-0.39, 0.29) is 4.90 Å². The lowest BCUT2D eigenvalue weighted by Gasteiger charge is -2.11. The van der Waals surface area contributed by atoms with Gasteiger partial charge in [0.2, 0.25) is 0 Å². The first-order chi connectivity index (χ1) is 9.68. The summed E-state index contributed by atoms with van der Waals surface area (Å²) in [6, 6.07) is 15.3. The number of hydrogen-bond acceptors (Lipinski definition) is 3. The minimum Gasteiger partial charge on any atom is -0.492 e. The van der Waals surface area contributed by atoms with Crippen LogP contribution in [-0.4, -0.2) is 15.0 Å². The molecule has 0 atom stereocenters. The van der Waals surface area contributed by atoms with E-state index in [4.69, 9.17) is 4.74 Å². The van der Waals surface area contributed by atoms with Crippen molar-refractivity contribution in [2.24, 2.45) is 0 Å². The predicted molar refractivity (Wildman–Crippen MR) is 80.0 cm³/mol. The number of rotatable bonds is 6. The van der Waals surface area contributed by atoms with Crippen molar-refractivity contribution in [3.8, 4) is 5.75 Å². The molecule has 0 aliphatic carbocycles. The molecule has 0 N–H and O–H groups in total. The van der Waals surface area contributed by atoms with Gasteiger partial charge in [-0.25, -0.2) is 8.42 Å². The highest BCUT2D eigenvalue weighted by atomic mass is 32.2. The fourth-order valence-corrected chi connectivity index (χ4v) is 2.68. The first-order valence-electron chi connectivity index (χ1n) is 6.59. The molecule has 0 aromatic heterocycles. The number of aryl methyl sites for hydroxylation is 2. The Morgan fingerprint density at radius 1 is 1.00 bits per heavy atom. The van der Waals surface area contributed by atoms with Crippen LogP contribution in [0.4, 0.5) is 0 Å². The van der Waals surface area contributed by atoms with Gasteiger partial charge < -0.3 is 4.74 Å². The third kappa shape index (κ3) is 3.84. The highest BCUT2D eigenvalue weighted by Gasteiger charge is 2.08. The van der Waals surface area contributed by atoms with Gasteiger partial charge in [-0.2, -0.15) is 0 Å². The summed E-state index contributed by atoms with van der Waals surface area (Å²) in [6.45, 7) is 2.37. The summed E-state index contributed by atoms with van der Waals surface area (Å²) in [5.41, 5.74) is 2.11. The molecule has 4 heteroatoms. The van der Waals surface area contributed by atoms with Gasteiger partial charge in [0.15, 0.2) is 10.7 Å². The quantitative estimate of drug-likeness (QED) is 0.657. The lowest BCUT2D eigenvalue weighted by atomic mass is 10.1. The normalized spacial score (nSPS) is 10.7. The smallest absolute Gasteiger partial charge is 0.171 e. The zero-order chi connectivity index (χ0) is 14.4. The van der Waals surface area contributed by atoms with Crippen LogP contribution in [0.25, 0.3) is 0 Å². The Balaban J connectivity index is 1.94. The molecule has 20 heavy (non-hydrogen) atoms. The second-order valence-corrected chi connectivity index (χ2v) is 5.61. The Bertz CT molecular complexity index is 625. The standard InChI is InChI=1S/C16H18O3S/c1-13-7-5-11-15(20(17)18)16(13)19-12-6-10-14-8-3-2-4-9-14/h2-5,7-9,11,20H,6,10,12H2,1H3. The zero-order valence-electron chi connectivity index (χ0n) is 11.4. The number of benzene rings is 2. The van der Waals surface area contributed by atoms with Crippen molar-refractivity contribution in [1.82, 2.24) is 0 Å². The number of thiol groups is 1. The van der Waals surface area contributed by atoms with Gasteiger partial charge in [0.05, 0.1) is 6.61 Å². The summed E-state index contributed by atoms with van der Waals surface area (Å²) in [4.78, 5) is 0.264. The van der Waals surface area contributed by atoms with E-state index in [9.17, 15) is 8.42 Å². The highest BCUT2D eigenvalue weighted by molar-refractivity contribution is 7.72. The fraction of sp³-hybridized carbons (Fsp3) is 0.250. The lowest BCUT2D eigenvalue weighted by Crippen LogP contribution is -2.03. The van der Waals surface area contributed by atoms with Gasteiger partial charge in [-0.1, -0.05) is 42.5 Å². The lowest BCUT2D eigenvalue weighted by molar-refractivity contribution is 0.301. The summed E-state index contributed by atoms with van der Waals surface area (Å²) in [5.74, 6) is 0.483. The Kier molecular flexibility index (Phi) is 5.18. The van der Waals surface area contributed by atoms with Crippen LogP contribution < -0.4 is 4.74 Å². The molecule has 0 aliphatic rings. The largest absolute Gasteiger partial charge is 0.492 e. The molecule has 0 amide bonds. The van der Waals surface area contributed by atoms with E-state index in [0.717, 1.165) is 18.4 Å². The van der Waals surface area contributed by atoms with Gasteiger partial charge in [-0.3, -0.25) is 0 Å². The molecule has 0 saturated heterocycles. The Hall–Kier alpha value is -1.81. The van der Waals surface area contributed by atoms with Crippen molar-refractivity contribution in [1.29, 1.82) is 0 Å². The van der Waals surface area contributed by atoms with Crippen LogP contribution in [-0.2, 0) is 17.1 Å². The average molecular weight is 290 g/mol. The summed E-state index contributed by atoms with van der Waals surface area (Å²) in [7, 11) is -2.62. The maximum atomic E-state index is 11.2. The molecule has 0 heterocycles. The predicted octanol–water partition coefficient (Wildman–Crippen LogP) is 2.98. The van der Waals surface area contributed by atoms with E-state index in [1.54, 1.807) is 12.1 Å². The molecule has 0 radical (unpaired) electrons. The van der Waals surface area contributed by atoms with Gasteiger partial charge in [0.25, 0.3) is 0 Å². The number of hydrogen-bond donors (Lipinski definition) is 1. The summed E-state index contributed by atoms with van der Waals surface area (Å²) < 4.78 is 28.0. The van der Waals surface area contributed by atoms with E-state index >= 15 is 0 Å². The van der Waals surface area contributed by atoms with Crippen LogP contribution in [0.2, 0.25) is 0 Å². The van der Waals surface area contributed by atoms with Gasteiger partial charge in [-0.05, 0) is 37.0 Å². The van der Waals surface area contributed by atoms with Crippen LogP contribution in [0.3, 0.4) is 0 Å². The van der Waals surface area contributed by atoms with E-state index in [1.165, 1.54) is 5.56 Å². The molecule has 2 aromatic carbocycles. The molecule has 3 nitrogen and oxygen atoms in total.